The summed E-state index contributed by atoms with van der Waals surface area (Å²) in [6.45, 7) is 0.0977. The van der Waals surface area contributed by atoms with Gasteiger partial charge < -0.3 is 14.6 Å². The summed E-state index contributed by atoms with van der Waals surface area (Å²) in [7, 11) is 0. The Balaban J connectivity index is 1.72. The molecule has 1 atom stereocenters. The van der Waals surface area contributed by atoms with Crippen LogP contribution in [0.4, 0.5) is 5.69 Å². The second-order valence-electron chi connectivity index (χ2n) is 7.00. The van der Waals surface area contributed by atoms with Crippen molar-refractivity contribution in [1.29, 1.82) is 0 Å². The number of hydrogen-bond acceptors (Lipinski definition) is 6. The van der Waals surface area contributed by atoms with Crippen LogP contribution in [0.3, 0.4) is 0 Å². The fourth-order valence-electron chi connectivity index (χ4n) is 3.76. The highest BCUT2D eigenvalue weighted by Crippen LogP contribution is 2.44. The fourth-order valence-corrected chi connectivity index (χ4v) is 4.02. The third kappa shape index (κ3) is 3.25. The van der Waals surface area contributed by atoms with Gasteiger partial charge in [0.05, 0.1) is 23.5 Å². The number of Topliss-reactive ketones (excluding diaryl/α,β-unsaturated/α-hetero) is 1. The number of fused-ring (bicyclic) bond motifs is 1. The zero-order chi connectivity index (χ0) is 21.5. The molecule has 0 saturated carbocycles. The molecule has 31 heavy (non-hydrogen) atoms. The lowest BCUT2D eigenvalue weighted by Crippen LogP contribution is -2.29. The first-order valence-corrected chi connectivity index (χ1v) is 10.2. The smallest absolute Gasteiger partial charge is 0.300 e. The lowest BCUT2D eigenvalue weighted by atomic mass is 9.95. The van der Waals surface area contributed by atoms with Gasteiger partial charge in [-0.15, -0.1) is 0 Å². The number of pyridine rings is 1. The van der Waals surface area contributed by atoms with E-state index in [1.807, 2.05) is 0 Å². The topological polar surface area (TPSA) is 89.0 Å². The number of nitrogens with zero attached hydrogens (tertiary/aromatic N) is 2. The number of aliphatic hydroxyl groups is 1. The lowest BCUT2D eigenvalue weighted by Gasteiger charge is -2.25. The Morgan fingerprint density at radius 3 is 2.58 bits per heavy atom. The fraction of sp³-hybridized carbons (Fsp3) is 0.0870. The molecular weight excluding hydrogens is 464 g/mol. The molecule has 1 aromatic heterocycles. The largest absolute Gasteiger partial charge is 0.507 e. The molecule has 154 valence electrons. The number of carbonyl (C=O) groups is 2. The average Bonchev–Trinajstić information content (AvgIpc) is 3.36. The van der Waals surface area contributed by atoms with Crippen LogP contribution in [-0.2, 0) is 9.59 Å². The Hall–Kier alpha value is -3.65. The van der Waals surface area contributed by atoms with Crippen LogP contribution in [0.2, 0.25) is 0 Å². The molecule has 8 heteroatoms. The van der Waals surface area contributed by atoms with E-state index in [0.717, 1.165) is 4.47 Å². The minimum Gasteiger partial charge on any atom is -0.507 e. The Labute approximate surface area is 185 Å². The van der Waals surface area contributed by atoms with Gasteiger partial charge in [0, 0.05) is 16.2 Å². The molecule has 2 aromatic carbocycles. The van der Waals surface area contributed by atoms with Gasteiger partial charge in [-0.1, -0.05) is 34.1 Å². The number of amides is 1. The third-order valence-electron chi connectivity index (χ3n) is 5.20. The van der Waals surface area contributed by atoms with Crippen molar-refractivity contribution in [2.75, 3.05) is 11.7 Å². The summed E-state index contributed by atoms with van der Waals surface area (Å²) in [4.78, 5) is 31.6. The number of anilines is 1. The van der Waals surface area contributed by atoms with Crippen molar-refractivity contribution in [2.45, 2.75) is 6.04 Å². The van der Waals surface area contributed by atoms with Crippen molar-refractivity contribution in [3.05, 3.63) is 88.2 Å². The van der Waals surface area contributed by atoms with E-state index in [-0.39, 0.29) is 18.1 Å². The van der Waals surface area contributed by atoms with Gasteiger partial charge in [-0.3, -0.25) is 19.5 Å². The molecule has 0 aliphatic carbocycles. The van der Waals surface area contributed by atoms with E-state index in [0.29, 0.717) is 28.3 Å². The number of hydrogen-bond donors (Lipinski definition) is 1. The maximum absolute atomic E-state index is 13.1. The highest BCUT2D eigenvalue weighted by molar-refractivity contribution is 9.10. The first-order chi connectivity index (χ1) is 15.0. The predicted molar refractivity (Wildman–Crippen MR) is 116 cm³/mol. The van der Waals surface area contributed by atoms with Crippen LogP contribution in [0.1, 0.15) is 17.2 Å². The van der Waals surface area contributed by atoms with Gasteiger partial charge in [0.25, 0.3) is 11.7 Å². The van der Waals surface area contributed by atoms with Gasteiger partial charge in [0.15, 0.2) is 11.5 Å². The molecular formula is C23H15BrN2O5. The Bertz CT molecular complexity index is 1220. The molecule has 3 aromatic rings. The normalized spacial score (nSPS) is 19.1. The summed E-state index contributed by atoms with van der Waals surface area (Å²) < 4.78 is 11.7. The van der Waals surface area contributed by atoms with Gasteiger partial charge in [-0.2, -0.15) is 0 Å². The maximum Gasteiger partial charge on any atom is 0.300 e. The molecule has 0 bridgehead atoms. The zero-order valence-corrected chi connectivity index (χ0v) is 17.6. The highest BCUT2D eigenvalue weighted by atomic mass is 79.9. The summed E-state index contributed by atoms with van der Waals surface area (Å²) in [5, 5.41) is 11.1. The number of aliphatic hydroxyl groups excluding tert-OH is 1. The number of ketones is 1. The molecule has 5 rings (SSSR count). The molecule has 0 spiro atoms. The molecule has 0 unspecified atom stereocenters. The standard InChI is InChI=1S/C23H15BrN2O5/c24-15-6-3-13(4-7-15)21(27)19-20(14-5-8-17-18(10-14)31-12-30-17)26(23(29)22(19)28)16-2-1-9-25-11-16/h1-11,20,27H,12H2/t20-/m1/s1. The second kappa shape index (κ2) is 7.55. The summed E-state index contributed by atoms with van der Waals surface area (Å²) in [6, 6.07) is 14.6. The molecule has 3 heterocycles. The predicted octanol–water partition coefficient (Wildman–Crippen LogP) is 4.20. The van der Waals surface area contributed by atoms with E-state index in [2.05, 4.69) is 20.9 Å². The number of ether oxygens (including phenoxy) is 2. The van der Waals surface area contributed by atoms with Crippen molar-refractivity contribution in [2.24, 2.45) is 0 Å². The van der Waals surface area contributed by atoms with Crippen LogP contribution in [-0.4, -0.2) is 28.6 Å². The second-order valence-corrected chi connectivity index (χ2v) is 7.92. The van der Waals surface area contributed by atoms with Crippen LogP contribution in [0.25, 0.3) is 5.76 Å². The SMILES string of the molecule is O=C1C(=O)N(c2cccnc2)[C@H](c2ccc3c(c2)OCO3)C1=C(O)c1ccc(Br)cc1. The number of halogens is 1. The molecule has 0 radical (unpaired) electrons. The van der Waals surface area contributed by atoms with Crippen molar-refractivity contribution >= 4 is 39.1 Å². The Kier molecular flexibility index (Phi) is 4.71. The van der Waals surface area contributed by atoms with Gasteiger partial charge in [0.1, 0.15) is 5.76 Å². The molecule has 1 N–H and O–H groups in total. The van der Waals surface area contributed by atoms with Crippen LogP contribution in [0, 0.1) is 0 Å². The van der Waals surface area contributed by atoms with E-state index in [1.165, 1.54) is 11.1 Å². The number of rotatable bonds is 3. The minimum atomic E-state index is -0.859. The maximum atomic E-state index is 13.1. The lowest BCUT2D eigenvalue weighted by molar-refractivity contribution is -0.132. The van der Waals surface area contributed by atoms with Crippen molar-refractivity contribution in [3.8, 4) is 11.5 Å². The molecule has 1 fully saturated rings. The average molecular weight is 479 g/mol. The van der Waals surface area contributed by atoms with Crippen LogP contribution in [0.15, 0.2) is 77.0 Å². The van der Waals surface area contributed by atoms with E-state index >= 15 is 0 Å². The molecule has 7 nitrogen and oxygen atoms in total. The molecule has 1 amide bonds. The molecule has 2 aliphatic heterocycles. The Morgan fingerprint density at radius 2 is 1.84 bits per heavy atom. The van der Waals surface area contributed by atoms with Crippen molar-refractivity contribution in [1.82, 2.24) is 4.98 Å². The van der Waals surface area contributed by atoms with Gasteiger partial charge in [-0.05, 0) is 42.0 Å². The van der Waals surface area contributed by atoms with Crippen LogP contribution in [0.5, 0.6) is 11.5 Å². The summed E-state index contributed by atoms with van der Waals surface area (Å²) in [5.41, 5.74) is 1.47. The molecule has 2 aliphatic rings. The Morgan fingerprint density at radius 1 is 1.06 bits per heavy atom. The summed E-state index contributed by atoms with van der Waals surface area (Å²) in [5.74, 6) is -0.672. The van der Waals surface area contributed by atoms with E-state index in [4.69, 9.17) is 9.47 Å². The van der Waals surface area contributed by atoms with E-state index in [9.17, 15) is 14.7 Å². The molecule has 1 saturated heterocycles. The monoisotopic (exact) mass is 478 g/mol. The van der Waals surface area contributed by atoms with Crippen LogP contribution >= 0.6 is 15.9 Å². The van der Waals surface area contributed by atoms with Crippen molar-refractivity contribution < 1.29 is 24.2 Å². The van der Waals surface area contributed by atoms with Crippen LogP contribution < -0.4 is 14.4 Å². The summed E-state index contributed by atoms with van der Waals surface area (Å²) >= 11 is 3.36. The number of carbonyl (C=O) groups excluding carboxylic acids is 2. The summed E-state index contributed by atoms with van der Waals surface area (Å²) in [6.07, 6.45) is 3.09. The van der Waals surface area contributed by atoms with Crippen molar-refractivity contribution in [3.63, 3.8) is 0 Å². The van der Waals surface area contributed by atoms with Gasteiger partial charge >= 0.3 is 0 Å². The first kappa shape index (κ1) is 19.3. The number of aromatic nitrogens is 1. The minimum absolute atomic E-state index is 0.00459. The van der Waals surface area contributed by atoms with E-state index < -0.39 is 17.7 Å². The van der Waals surface area contributed by atoms with E-state index in [1.54, 1.807) is 60.8 Å². The highest BCUT2D eigenvalue weighted by Gasteiger charge is 2.47. The number of benzene rings is 2. The van der Waals surface area contributed by atoms with Gasteiger partial charge in [-0.25, -0.2) is 0 Å². The van der Waals surface area contributed by atoms with Gasteiger partial charge in [0.2, 0.25) is 6.79 Å². The quantitative estimate of drug-likeness (QED) is 0.344. The third-order valence-corrected chi connectivity index (χ3v) is 5.73. The zero-order valence-electron chi connectivity index (χ0n) is 16.0. The first-order valence-electron chi connectivity index (χ1n) is 9.41.